The molecule has 0 saturated heterocycles. The first-order valence-electron chi connectivity index (χ1n) is 6.92. The second kappa shape index (κ2) is 8.32. The molecule has 0 atom stereocenters. The van der Waals surface area contributed by atoms with E-state index in [2.05, 4.69) is 0 Å². The molecule has 108 valence electrons. The van der Waals surface area contributed by atoms with Crippen molar-refractivity contribution in [2.24, 2.45) is 0 Å². The summed E-state index contributed by atoms with van der Waals surface area (Å²) in [5.74, 6) is 0. The van der Waals surface area contributed by atoms with Gasteiger partial charge in [-0.1, -0.05) is 12.1 Å². The Bertz CT molecular complexity index is 339. The van der Waals surface area contributed by atoms with Crippen molar-refractivity contribution >= 4 is 14.5 Å². The quantitative estimate of drug-likeness (QED) is 0.559. The van der Waals surface area contributed by atoms with Crippen LogP contribution in [0.5, 0.6) is 0 Å². The number of nitrogens with two attached hydrogens (primary N) is 1. The van der Waals surface area contributed by atoms with E-state index < -0.39 is 8.80 Å². The van der Waals surface area contributed by atoms with E-state index in [0.717, 1.165) is 18.2 Å². The lowest BCUT2D eigenvalue weighted by Gasteiger charge is -2.28. The minimum absolute atomic E-state index is 0.619. The average Bonchev–Trinajstić information content (AvgIpc) is 2.39. The monoisotopic (exact) mass is 283 g/mol. The standard InChI is InChI=1S/C14H25NO3Si/c1-4-16-19(17-5-2,18-6-3)12-11-13-7-9-14(15)10-8-13/h7-10H,4-6,11-12,15H2,1-3H3. The first-order chi connectivity index (χ1) is 9.15. The van der Waals surface area contributed by atoms with Gasteiger partial charge in [-0.2, -0.15) is 0 Å². The fourth-order valence-corrected chi connectivity index (χ4v) is 4.58. The predicted octanol–water partition coefficient (Wildman–Crippen LogP) is 2.86. The van der Waals surface area contributed by atoms with Gasteiger partial charge in [0, 0.05) is 31.6 Å². The van der Waals surface area contributed by atoms with E-state index in [4.69, 9.17) is 19.0 Å². The maximum Gasteiger partial charge on any atom is 0.501 e. The van der Waals surface area contributed by atoms with Gasteiger partial charge in [-0.3, -0.25) is 0 Å². The summed E-state index contributed by atoms with van der Waals surface area (Å²) in [5.41, 5.74) is 7.70. The van der Waals surface area contributed by atoms with E-state index in [1.54, 1.807) is 0 Å². The van der Waals surface area contributed by atoms with E-state index >= 15 is 0 Å². The molecule has 0 bridgehead atoms. The zero-order chi connectivity index (χ0) is 14.1. The third-order valence-corrected chi connectivity index (χ3v) is 5.84. The highest BCUT2D eigenvalue weighted by molar-refractivity contribution is 6.60. The smallest absolute Gasteiger partial charge is 0.399 e. The molecule has 4 nitrogen and oxygen atoms in total. The molecule has 0 unspecified atom stereocenters. The van der Waals surface area contributed by atoms with E-state index in [1.807, 2.05) is 45.0 Å². The lowest BCUT2D eigenvalue weighted by molar-refractivity contribution is 0.0714. The highest BCUT2D eigenvalue weighted by Gasteiger charge is 2.39. The normalized spacial score (nSPS) is 11.7. The van der Waals surface area contributed by atoms with Crippen LogP contribution in [-0.2, 0) is 19.7 Å². The van der Waals surface area contributed by atoms with Crippen LogP contribution in [0.1, 0.15) is 26.3 Å². The van der Waals surface area contributed by atoms with Crippen molar-refractivity contribution in [2.75, 3.05) is 25.6 Å². The Labute approximate surface area is 117 Å². The molecule has 0 aromatic heterocycles. The Morgan fingerprint density at radius 3 is 1.79 bits per heavy atom. The van der Waals surface area contributed by atoms with E-state index in [9.17, 15) is 0 Å². The molecule has 0 amide bonds. The molecule has 0 fully saturated rings. The SMILES string of the molecule is CCO[Si](CCc1ccc(N)cc1)(OCC)OCC. The summed E-state index contributed by atoms with van der Waals surface area (Å²) in [7, 11) is -2.52. The summed E-state index contributed by atoms with van der Waals surface area (Å²) in [4.78, 5) is 0. The highest BCUT2D eigenvalue weighted by atomic mass is 28.4. The van der Waals surface area contributed by atoms with Crippen LogP contribution < -0.4 is 5.73 Å². The fraction of sp³-hybridized carbons (Fsp3) is 0.571. The lowest BCUT2D eigenvalue weighted by Crippen LogP contribution is -2.46. The van der Waals surface area contributed by atoms with Crippen molar-refractivity contribution < 1.29 is 13.3 Å². The number of benzene rings is 1. The van der Waals surface area contributed by atoms with Gasteiger partial charge in [0.15, 0.2) is 0 Å². The second-order valence-corrected chi connectivity index (χ2v) is 6.96. The van der Waals surface area contributed by atoms with Crippen LogP contribution >= 0.6 is 0 Å². The Hall–Kier alpha value is -0.883. The van der Waals surface area contributed by atoms with Crippen LogP contribution in [0.3, 0.4) is 0 Å². The number of hydrogen-bond acceptors (Lipinski definition) is 4. The predicted molar refractivity (Wildman–Crippen MR) is 80.0 cm³/mol. The second-order valence-electron chi connectivity index (χ2n) is 4.22. The molecule has 0 heterocycles. The maximum atomic E-state index is 5.83. The van der Waals surface area contributed by atoms with Gasteiger partial charge in [-0.25, -0.2) is 0 Å². The van der Waals surface area contributed by atoms with Gasteiger partial charge in [0.05, 0.1) is 0 Å². The molecule has 1 rings (SSSR count). The van der Waals surface area contributed by atoms with Crippen molar-refractivity contribution in [2.45, 2.75) is 33.2 Å². The average molecular weight is 283 g/mol. The molecule has 0 spiro atoms. The van der Waals surface area contributed by atoms with Gasteiger partial charge in [0.1, 0.15) is 0 Å². The summed E-state index contributed by atoms with van der Waals surface area (Å²) in [6.07, 6.45) is 0.881. The Balaban J connectivity index is 2.67. The first kappa shape index (κ1) is 16.2. The Morgan fingerprint density at radius 1 is 0.895 bits per heavy atom. The molecule has 19 heavy (non-hydrogen) atoms. The van der Waals surface area contributed by atoms with Gasteiger partial charge in [0.2, 0.25) is 0 Å². The summed E-state index contributed by atoms with van der Waals surface area (Å²) in [5, 5.41) is 0. The van der Waals surface area contributed by atoms with Crippen molar-refractivity contribution in [3.05, 3.63) is 29.8 Å². The molecule has 2 N–H and O–H groups in total. The third kappa shape index (κ3) is 5.32. The topological polar surface area (TPSA) is 53.7 Å². The van der Waals surface area contributed by atoms with Crippen LogP contribution in [0.4, 0.5) is 5.69 Å². The molecule has 0 saturated carbocycles. The Morgan fingerprint density at radius 2 is 1.37 bits per heavy atom. The molecule has 1 aromatic rings. The van der Waals surface area contributed by atoms with Crippen molar-refractivity contribution in [1.29, 1.82) is 0 Å². The van der Waals surface area contributed by atoms with Crippen LogP contribution in [0.25, 0.3) is 0 Å². The van der Waals surface area contributed by atoms with E-state index in [-0.39, 0.29) is 0 Å². The van der Waals surface area contributed by atoms with Crippen LogP contribution in [0, 0.1) is 0 Å². The van der Waals surface area contributed by atoms with Crippen LogP contribution in [0.15, 0.2) is 24.3 Å². The molecule has 0 radical (unpaired) electrons. The minimum Gasteiger partial charge on any atom is -0.399 e. The molecular formula is C14H25NO3Si. The molecule has 0 aliphatic carbocycles. The third-order valence-electron chi connectivity index (χ3n) is 2.79. The van der Waals surface area contributed by atoms with E-state index in [0.29, 0.717) is 19.8 Å². The van der Waals surface area contributed by atoms with Crippen LogP contribution in [0.2, 0.25) is 6.04 Å². The largest absolute Gasteiger partial charge is 0.501 e. The number of anilines is 1. The maximum absolute atomic E-state index is 5.83. The lowest BCUT2D eigenvalue weighted by atomic mass is 10.2. The highest BCUT2D eigenvalue weighted by Crippen LogP contribution is 2.19. The summed E-state index contributed by atoms with van der Waals surface area (Å²) < 4.78 is 17.5. The minimum atomic E-state index is -2.52. The summed E-state index contributed by atoms with van der Waals surface area (Å²) >= 11 is 0. The Kier molecular flexibility index (Phi) is 7.08. The summed E-state index contributed by atoms with van der Waals surface area (Å²) in [6.45, 7) is 7.78. The molecule has 0 aliphatic rings. The summed E-state index contributed by atoms with van der Waals surface area (Å²) in [6, 6.07) is 8.71. The van der Waals surface area contributed by atoms with Crippen molar-refractivity contribution in [3.63, 3.8) is 0 Å². The van der Waals surface area contributed by atoms with Crippen LogP contribution in [-0.4, -0.2) is 28.6 Å². The van der Waals surface area contributed by atoms with Gasteiger partial charge < -0.3 is 19.0 Å². The van der Waals surface area contributed by atoms with Gasteiger partial charge in [-0.15, -0.1) is 0 Å². The number of aryl methyl sites for hydroxylation is 1. The fourth-order valence-electron chi connectivity index (χ4n) is 1.98. The zero-order valence-corrected chi connectivity index (χ0v) is 13.1. The number of nitrogen functional groups attached to an aromatic ring is 1. The zero-order valence-electron chi connectivity index (χ0n) is 12.1. The van der Waals surface area contributed by atoms with Gasteiger partial charge >= 0.3 is 8.80 Å². The number of hydrogen-bond donors (Lipinski definition) is 1. The van der Waals surface area contributed by atoms with Gasteiger partial charge in [-0.05, 0) is 44.9 Å². The molecule has 1 aromatic carbocycles. The number of rotatable bonds is 9. The van der Waals surface area contributed by atoms with Gasteiger partial charge in [0.25, 0.3) is 0 Å². The first-order valence-corrected chi connectivity index (χ1v) is 8.85. The van der Waals surface area contributed by atoms with Crippen molar-refractivity contribution in [3.8, 4) is 0 Å². The van der Waals surface area contributed by atoms with E-state index in [1.165, 1.54) is 5.56 Å². The molecule has 5 heteroatoms. The molecule has 0 aliphatic heterocycles. The van der Waals surface area contributed by atoms with Crippen molar-refractivity contribution in [1.82, 2.24) is 0 Å². The molecular weight excluding hydrogens is 258 g/mol.